The van der Waals surface area contributed by atoms with Gasteiger partial charge in [-0.15, -0.1) is 0 Å². The molecule has 5 heteroatoms. The van der Waals surface area contributed by atoms with Gasteiger partial charge in [-0.25, -0.2) is 0 Å². The van der Waals surface area contributed by atoms with Crippen molar-refractivity contribution in [3.05, 3.63) is 65.7 Å². The summed E-state index contributed by atoms with van der Waals surface area (Å²) >= 11 is 0. The summed E-state index contributed by atoms with van der Waals surface area (Å²) in [6.45, 7) is 3.75. The number of fused-ring (bicyclic) bond motifs is 1. The van der Waals surface area contributed by atoms with Gasteiger partial charge in [0, 0.05) is 0 Å². The SMILES string of the molecule is COc1cc(C)c(C)cc1S(=O)(=O)Oc1ccc2ccccc2c1. The van der Waals surface area contributed by atoms with E-state index in [0.29, 0.717) is 0 Å². The number of methoxy groups -OCH3 is 1. The van der Waals surface area contributed by atoms with Gasteiger partial charge in [-0.1, -0.05) is 30.3 Å². The Morgan fingerprint density at radius 1 is 0.833 bits per heavy atom. The lowest BCUT2D eigenvalue weighted by Gasteiger charge is -2.13. The number of ether oxygens (including phenoxy) is 1. The van der Waals surface area contributed by atoms with Crippen molar-refractivity contribution in [2.75, 3.05) is 7.11 Å². The lowest BCUT2D eigenvalue weighted by molar-refractivity contribution is 0.397. The van der Waals surface area contributed by atoms with Crippen LogP contribution in [0.1, 0.15) is 11.1 Å². The van der Waals surface area contributed by atoms with Crippen LogP contribution in [0.5, 0.6) is 11.5 Å². The van der Waals surface area contributed by atoms with Crippen LogP contribution in [0, 0.1) is 13.8 Å². The molecule has 0 fully saturated rings. The van der Waals surface area contributed by atoms with Crippen LogP contribution in [0.25, 0.3) is 10.8 Å². The third-order valence-electron chi connectivity index (χ3n) is 3.98. The molecule has 0 aliphatic rings. The summed E-state index contributed by atoms with van der Waals surface area (Å²) in [4.78, 5) is 0.0289. The van der Waals surface area contributed by atoms with Crippen molar-refractivity contribution in [1.29, 1.82) is 0 Å². The highest BCUT2D eigenvalue weighted by Gasteiger charge is 2.23. The molecule has 3 aromatic carbocycles. The Kier molecular flexibility index (Phi) is 4.20. The molecule has 0 aromatic heterocycles. The Bertz CT molecular complexity index is 1010. The minimum atomic E-state index is -3.99. The summed E-state index contributed by atoms with van der Waals surface area (Å²) in [6, 6.07) is 16.2. The zero-order valence-corrected chi connectivity index (χ0v) is 14.6. The highest BCUT2D eigenvalue weighted by atomic mass is 32.2. The van der Waals surface area contributed by atoms with Crippen molar-refractivity contribution in [1.82, 2.24) is 0 Å². The maximum absolute atomic E-state index is 12.7. The van der Waals surface area contributed by atoms with E-state index in [4.69, 9.17) is 8.92 Å². The van der Waals surface area contributed by atoms with Crippen LogP contribution < -0.4 is 8.92 Å². The summed E-state index contributed by atoms with van der Waals surface area (Å²) in [5.74, 6) is 0.549. The van der Waals surface area contributed by atoms with Crippen molar-refractivity contribution in [2.24, 2.45) is 0 Å². The molecule has 0 unspecified atom stereocenters. The molecular formula is C19H18O4S. The second kappa shape index (κ2) is 6.17. The van der Waals surface area contributed by atoms with Crippen molar-refractivity contribution in [2.45, 2.75) is 18.7 Å². The summed E-state index contributed by atoms with van der Waals surface area (Å²) in [7, 11) is -2.55. The van der Waals surface area contributed by atoms with Crippen molar-refractivity contribution >= 4 is 20.9 Å². The summed E-state index contributed by atoms with van der Waals surface area (Å²) in [5, 5.41) is 1.93. The molecule has 3 aromatic rings. The average Bonchev–Trinajstić information content (AvgIpc) is 2.56. The molecule has 0 spiro atoms. The summed E-state index contributed by atoms with van der Waals surface area (Å²) in [6.07, 6.45) is 0. The molecule has 0 saturated carbocycles. The number of hydrogen-bond donors (Lipinski definition) is 0. The van der Waals surface area contributed by atoms with Gasteiger partial charge in [-0.3, -0.25) is 0 Å². The molecule has 0 radical (unpaired) electrons. The highest BCUT2D eigenvalue weighted by molar-refractivity contribution is 7.87. The zero-order valence-electron chi connectivity index (χ0n) is 13.7. The van der Waals surface area contributed by atoms with E-state index in [-0.39, 0.29) is 16.4 Å². The van der Waals surface area contributed by atoms with Gasteiger partial charge in [0.15, 0.2) is 0 Å². The van der Waals surface area contributed by atoms with Gasteiger partial charge >= 0.3 is 10.1 Å². The Hall–Kier alpha value is -2.53. The van der Waals surface area contributed by atoms with E-state index in [1.165, 1.54) is 7.11 Å². The predicted octanol–water partition coefficient (Wildman–Crippen LogP) is 4.23. The monoisotopic (exact) mass is 342 g/mol. The molecule has 0 atom stereocenters. The normalized spacial score (nSPS) is 11.5. The van der Waals surface area contributed by atoms with Gasteiger partial charge in [0.05, 0.1) is 7.11 Å². The van der Waals surface area contributed by atoms with Crippen LogP contribution in [0.15, 0.2) is 59.5 Å². The average molecular weight is 342 g/mol. The molecule has 0 bridgehead atoms. The standard InChI is InChI=1S/C19H18O4S/c1-13-10-18(22-3)19(11-14(13)2)24(20,21)23-17-9-8-15-6-4-5-7-16(15)12-17/h4-12H,1-3H3. The molecule has 24 heavy (non-hydrogen) atoms. The topological polar surface area (TPSA) is 52.6 Å². The largest absolute Gasteiger partial charge is 0.495 e. The molecule has 0 saturated heterocycles. The molecular weight excluding hydrogens is 324 g/mol. The van der Waals surface area contributed by atoms with Gasteiger partial charge in [0.2, 0.25) is 0 Å². The molecule has 0 aliphatic heterocycles. The first kappa shape index (κ1) is 16.3. The minimum absolute atomic E-state index is 0.0289. The van der Waals surface area contributed by atoms with Crippen LogP contribution >= 0.6 is 0 Å². The van der Waals surface area contributed by atoms with E-state index in [1.807, 2.05) is 44.2 Å². The van der Waals surface area contributed by atoms with E-state index in [9.17, 15) is 8.42 Å². The molecule has 0 amide bonds. The van der Waals surface area contributed by atoms with Gasteiger partial charge in [-0.2, -0.15) is 8.42 Å². The number of aryl methyl sites for hydroxylation is 2. The number of rotatable bonds is 4. The van der Waals surface area contributed by atoms with E-state index < -0.39 is 10.1 Å². The number of hydrogen-bond acceptors (Lipinski definition) is 4. The van der Waals surface area contributed by atoms with E-state index in [2.05, 4.69) is 0 Å². The maximum atomic E-state index is 12.7. The first-order chi connectivity index (χ1) is 11.4. The second-order valence-corrected chi connectivity index (χ2v) is 7.15. The van der Waals surface area contributed by atoms with Gasteiger partial charge in [-0.05, 0) is 60.0 Å². The highest BCUT2D eigenvalue weighted by Crippen LogP contribution is 2.30. The number of benzene rings is 3. The van der Waals surface area contributed by atoms with E-state index in [0.717, 1.165) is 21.9 Å². The fourth-order valence-corrected chi connectivity index (χ4v) is 3.67. The first-order valence-corrected chi connectivity index (χ1v) is 8.90. The van der Waals surface area contributed by atoms with Crippen LogP contribution in [0.4, 0.5) is 0 Å². The maximum Gasteiger partial charge on any atom is 0.342 e. The summed E-state index contributed by atoms with van der Waals surface area (Å²) < 4.78 is 35.9. The van der Waals surface area contributed by atoms with Crippen molar-refractivity contribution < 1.29 is 17.3 Å². The lowest BCUT2D eigenvalue weighted by Crippen LogP contribution is -2.12. The molecule has 3 rings (SSSR count). The van der Waals surface area contributed by atoms with Gasteiger partial charge < -0.3 is 8.92 Å². The molecule has 124 valence electrons. The predicted molar refractivity (Wildman–Crippen MR) is 94.2 cm³/mol. The van der Waals surface area contributed by atoms with Crippen molar-refractivity contribution in [3.8, 4) is 11.5 Å². The van der Waals surface area contributed by atoms with Crippen LogP contribution in [0.3, 0.4) is 0 Å². The summed E-state index contributed by atoms with van der Waals surface area (Å²) in [5.41, 5.74) is 1.81. The Morgan fingerprint density at radius 2 is 1.50 bits per heavy atom. The minimum Gasteiger partial charge on any atom is -0.495 e. The van der Waals surface area contributed by atoms with Gasteiger partial charge in [0.1, 0.15) is 16.4 Å². The quantitative estimate of drug-likeness (QED) is 0.666. The smallest absolute Gasteiger partial charge is 0.342 e. The van der Waals surface area contributed by atoms with Crippen molar-refractivity contribution in [3.63, 3.8) is 0 Å². The lowest BCUT2D eigenvalue weighted by atomic mass is 10.1. The molecule has 0 heterocycles. The van der Waals surface area contributed by atoms with Crippen LogP contribution in [-0.4, -0.2) is 15.5 Å². The van der Waals surface area contributed by atoms with E-state index in [1.54, 1.807) is 24.3 Å². The Balaban J connectivity index is 2.03. The van der Waals surface area contributed by atoms with E-state index >= 15 is 0 Å². The Morgan fingerprint density at radius 3 is 2.21 bits per heavy atom. The molecule has 0 aliphatic carbocycles. The fraction of sp³-hybridized carbons (Fsp3) is 0.158. The Labute approximate surface area is 141 Å². The second-order valence-electron chi connectivity index (χ2n) is 5.63. The van der Waals surface area contributed by atoms with Gasteiger partial charge in [0.25, 0.3) is 0 Å². The van der Waals surface area contributed by atoms with Crippen LogP contribution in [-0.2, 0) is 10.1 Å². The third kappa shape index (κ3) is 3.08. The molecule has 0 N–H and O–H groups in total. The molecule has 4 nitrogen and oxygen atoms in total. The third-order valence-corrected chi connectivity index (χ3v) is 5.25. The first-order valence-electron chi connectivity index (χ1n) is 7.49. The fourth-order valence-electron chi connectivity index (χ4n) is 2.51. The van der Waals surface area contributed by atoms with Crippen LogP contribution in [0.2, 0.25) is 0 Å². The zero-order chi connectivity index (χ0) is 17.3.